The van der Waals surface area contributed by atoms with Crippen LogP contribution in [0, 0.1) is 0 Å². The van der Waals surface area contributed by atoms with Crippen LogP contribution in [0.15, 0.2) is 188 Å². The first-order valence-corrected chi connectivity index (χ1v) is 20.2. The Morgan fingerprint density at radius 1 is 0.339 bits per heavy atom. The van der Waals surface area contributed by atoms with Crippen LogP contribution in [0.3, 0.4) is 0 Å². The summed E-state index contributed by atoms with van der Waals surface area (Å²) in [5.41, 5.74) is 14.6. The fourth-order valence-electron chi connectivity index (χ4n) is 9.56. The first-order chi connectivity index (χ1) is 29.0. The molecule has 1 aliphatic carbocycles. The third-order valence-corrected chi connectivity index (χ3v) is 12.3. The van der Waals surface area contributed by atoms with Crippen LogP contribution in [0.25, 0.3) is 100 Å². The predicted octanol–water partition coefficient (Wildman–Crippen LogP) is 13.4. The van der Waals surface area contributed by atoms with Gasteiger partial charge in [0.15, 0.2) is 17.5 Å². The zero-order valence-corrected chi connectivity index (χ0v) is 32.6. The summed E-state index contributed by atoms with van der Waals surface area (Å²) in [5.74, 6) is 1.87. The van der Waals surface area contributed by atoms with Gasteiger partial charge in [0, 0.05) is 55.0 Å². The predicted molar refractivity (Wildman–Crippen MR) is 242 cm³/mol. The van der Waals surface area contributed by atoms with Crippen molar-refractivity contribution in [2.24, 2.45) is 0 Å². The van der Waals surface area contributed by atoms with E-state index in [-0.39, 0.29) is 5.41 Å². The summed E-state index contributed by atoms with van der Waals surface area (Å²) in [7, 11) is 0. The molecule has 0 saturated heterocycles. The Labute approximate surface area is 341 Å². The lowest BCUT2D eigenvalue weighted by Gasteiger charge is -2.22. The molecule has 5 heteroatoms. The topological polar surface area (TPSA) is 48.5 Å². The number of para-hydroxylation sites is 3. The first-order valence-electron chi connectivity index (χ1n) is 20.2. The standard InChI is InChI=1S/C54H37N5/c1-54(2)45-25-13-9-21-39(45)43-32-44-42-24-12-16-28-49(42)59(50(44)33-46(43)54)38-30-36(29-37(31-38)58-47-26-14-10-22-40(47)41-23-11-15-27-48(41)58)53-56-51(34-17-5-3-6-18-34)55-52(57-53)35-19-7-4-8-20-35/h3-33H,1-2H3. The van der Waals surface area contributed by atoms with E-state index < -0.39 is 0 Å². The minimum atomic E-state index is -0.149. The summed E-state index contributed by atoms with van der Waals surface area (Å²) < 4.78 is 4.84. The largest absolute Gasteiger partial charge is 0.309 e. The van der Waals surface area contributed by atoms with Crippen LogP contribution in [0.4, 0.5) is 0 Å². The van der Waals surface area contributed by atoms with Crippen molar-refractivity contribution in [2.75, 3.05) is 0 Å². The van der Waals surface area contributed by atoms with Crippen LogP contribution in [-0.4, -0.2) is 24.1 Å². The van der Waals surface area contributed by atoms with Gasteiger partial charge in [-0.2, -0.15) is 0 Å². The highest BCUT2D eigenvalue weighted by molar-refractivity contribution is 6.12. The maximum absolute atomic E-state index is 5.24. The lowest BCUT2D eigenvalue weighted by atomic mass is 9.82. The Morgan fingerprint density at radius 2 is 0.780 bits per heavy atom. The smallest absolute Gasteiger partial charge is 0.164 e. The number of nitrogens with zero attached hydrogens (tertiary/aromatic N) is 5. The van der Waals surface area contributed by atoms with Gasteiger partial charge in [-0.05, 0) is 70.8 Å². The van der Waals surface area contributed by atoms with Gasteiger partial charge in [-0.3, -0.25) is 0 Å². The SMILES string of the molecule is CC1(C)c2ccccc2-c2cc3c4ccccc4n(-c4cc(-c5nc(-c6ccccc6)nc(-c6ccccc6)n5)cc(-n5c6ccccc6c6ccccc65)c4)c3cc21. The van der Waals surface area contributed by atoms with Gasteiger partial charge < -0.3 is 9.13 Å². The second kappa shape index (κ2) is 12.7. The van der Waals surface area contributed by atoms with Crippen LogP contribution < -0.4 is 0 Å². The van der Waals surface area contributed by atoms with E-state index in [1.807, 2.05) is 36.4 Å². The Hall–Kier alpha value is -7.63. The van der Waals surface area contributed by atoms with E-state index in [1.165, 1.54) is 49.3 Å². The lowest BCUT2D eigenvalue weighted by molar-refractivity contribution is 0.661. The maximum atomic E-state index is 5.24. The van der Waals surface area contributed by atoms with Crippen LogP contribution in [0.2, 0.25) is 0 Å². The van der Waals surface area contributed by atoms with E-state index in [1.54, 1.807) is 0 Å². The van der Waals surface area contributed by atoms with Crippen LogP contribution in [-0.2, 0) is 5.41 Å². The van der Waals surface area contributed by atoms with E-state index in [9.17, 15) is 0 Å². The molecule has 0 fully saturated rings. The van der Waals surface area contributed by atoms with Crippen molar-refractivity contribution in [1.29, 1.82) is 0 Å². The van der Waals surface area contributed by atoms with Crippen molar-refractivity contribution < 1.29 is 0 Å². The molecular weight excluding hydrogens is 719 g/mol. The van der Waals surface area contributed by atoms with Crippen LogP contribution in [0.5, 0.6) is 0 Å². The number of rotatable bonds is 5. The molecule has 0 spiro atoms. The first kappa shape index (κ1) is 33.5. The zero-order chi connectivity index (χ0) is 39.2. The third-order valence-electron chi connectivity index (χ3n) is 12.3. The normalized spacial score (nSPS) is 13.1. The molecule has 12 rings (SSSR count). The minimum absolute atomic E-state index is 0.149. The molecule has 0 N–H and O–H groups in total. The number of hydrogen-bond acceptors (Lipinski definition) is 3. The van der Waals surface area contributed by atoms with E-state index in [0.717, 1.165) is 44.6 Å². The van der Waals surface area contributed by atoms with Crippen molar-refractivity contribution in [3.05, 3.63) is 199 Å². The molecular formula is C54H37N5. The summed E-state index contributed by atoms with van der Waals surface area (Å²) in [4.78, 5) is 15.5. The molecule has 0 aliphatic heterocycles. The van der Waals surface area contributed by atoms with E-state index in [2.05, 4.69) is 175 Å². The molecule has 0 unspecified atom stereocenters. The Bertz CT molecular complexity index is 3350. The molecule has 1 aliphatic rings. The number of fused-ring (bicyclic) bond motifs is 9. The molecule has 3 aromatic heterocycles. The fraction of sp³-hybridized carbons (Fsp3) is 0.0556. The minimum Gasteiger partial charge on any atom is -0.309 e. The van der Waals surface area contributed by atoms with Gasteiger partial charge >= 0.3 is 0 Å². The summed E-state index contributed by atoms with van der Waals surface area (Å²) >= 11 is 0. The van der Waals surface area contributed by atoms with Gasteiger partial charge in [0.25, 0.3) is 0 Å². The summed E-state index contributed by atoms with van der Waals surface area (Å²) in [6.45, 7) is 4.71. The van der Waals surface area contributed by atoms with Gasteiger partial charge in [0.1, 0.15) is 0 Å². The number of aromatic nitrogens is 5. The average Bonchev–Trinajstić information content (AvgIpc) is 3.89. The van der Waals surface area contributed by atoms with E-state index in [0.29, 0.717) is 17.5 Å². The van der Waals surface area contributed by atoms with Crippen molar-refractivity contribution >= 4 is 43.6 Å². The molecule has 0 amide bonds. The molecule has 59 heavy (non-hydrogen) atoms. The highest BCUT2D eigenvalue weighted by Crippen LogP contribution is 2.51. The second-order valence-electron chi connectivity index (χ2n) is 16.1. The Kier molecular flexibility index (Phi) is 7.20. The number of hydrogen-bond donors (Lipinski definition) is 0. The van der Waals surface area contributed by atoms with E-state index >= 15 is 0 Å². The molecule has 278 valence electrons. The molecule has 0 radical (unpaired) electrons. The quantitative estimate of drug-likeness (QED) is 0.176. The van der Waals surface area contributed by atoms with Gasteiger partial charge in [-0.15, -0.1) is 0 Å². The van der Waals surface area contributed by atoms with Crippen LogP contribution >= 0.6 is 0 Å². The molecule has 0 atom stereocenters. The molecule has 0 bridgehead atoms. The van der Waals surface area contributed by atoms with Crippen molar-refractivity contribution in [3.8, 4) is 56.7 Å². The van der Waals surface area contributed by atoms with Crippen LogP contribution in [0.1, 0.15) is 25.0 Å². The zero-order valence-electron chi connectivity index (χ0n) is 32.6. The Balaban J connectivity index is 1.19. The summed E-state index contributed by atoms with van der Waals surface area (Å²) in [6.07, 6.45) is 0. The van der Waals surface area contributed by atoms with Gasteiger partial charge in [0.2, 0.25) is 0 Å². The summed E-state index contributed by atoms with van der Waals surface area (Å²) in [6, 6.07) is 67.2. The van der Waals surface area contributed by atoms with E-state index in [4.69, 9.17) is 15.0 Å². The number of benzene rings is 8. The summed E-state index contributed by atoms with van der Waals surface area (Å²) in [5, 5.41) is 4.87. The molecule has 8 aromatic carbocycles. The lowest BCUT2D eigenvalue weighted by Crippen LogP contribution is -2.15. The van der Waals surface area contributed by atoms with Crippen molar-refractivity contribution in [3.63, 3.8) is 0 Å². The molecule has 5 nitrogen and oxygen atoms in total. The van der Waals surface area contributed by atoms with Gasteiger partial charge in [-0.25, -0.2) is 15.0 Å². The monoisotopic (exact) mass is 755 g/mol. The highest BCUT2D eigenvalue weighted by atomic mass is 15.0. The maximum Gasteiger partial charge on any atom is 0.164 e. The van der Waals surface area contributed by atoms with Gasteiger partial charge in [-0.1, -0.05) is 153 Å². The van der Waals surface area contributed by atoms with Crippen molar-refractivity contribution in [2.45, 2.75) is 19.3 Å². The third kappa shape index (κ3) is 5.08. The average molecular weight is 756 g/mol. The molecule has 0 saturated carbocycles. The van der Waals surface area contributed by atoms with Gasteiger partial charge in [0.05, 0.1) is 22.1 Å². The fourth-order valence-corrected chi connectivity index (χ4v) is 9.56. The molecule has 11 aromatic rings. The van der Waals surface area contributed by atoms with Crippen molar-refractivity contribution in [1.82, 2.24) is 24.1 Å². The highest BCUT2D eigenvalue weighted by Gasteiger charge is 2.36. The Morgan fingerprint density at radius 3 is 1.34 bits per heavy atom. The molecule has 3 heterocycles. The second-order valence-corrected chi connectivity index (χ2v) is 16.1.